The third-order valence-electron chi connectivity index (χ3n) is 5.32. The molecule has 1 aliphatic rings. The van der Waals surface area contributed by atoms with E-state index in [0.717, 1.165) is 66.6 Å². The quantitative estimate of drug-likeness (QED) is 0.520. The van der Waals surface area contributed by atoms with Crippen LogP contribution in [-0.4, -0.2) is 51.1 Å². The summed E-state index contributed by atoms with van der Waals surface area (Å²) < 4.78 is 0. The number of hydrogen-bond acceptors (Lipinski definition) is 6. The summed E-state index contributed by atoms with van der Waals surface area (Å²) >= 11 is 0. The number of aryl methyl sites for hydroxylation is 1. The number of hydrogen-bond donors (Lipinski definition) is 2. The number of anilines is 2. The molecule has 0 spiro atoms. The first-order valence-electron chi connectivity index (χ1n) is 10.9. The Labute approximate surface area is 185 Å². The number of aromatic nitrogens is 2. The van der Waals surface area contributed by atoms with E-state index in [0.29, 0.717) is 6.54 Å². The van der Waals surface area contributed by atoms with E-state index in [9.17, 15) is 5.11 Å². The number of nitrogens with one attached hydrogen (secondary N) is 1. The molecule has 0 aromatic carbocycles. The van der Waals surface area contributed by atoms with Crippen molar-refractivity contribution in [3.63, 3.8) is 0 Å². The van der Waals surface area contributed by atoms with E-state index in [-0.39, 0.29) is 6.61 Å². The number of rotatable bonds is 11. The molecule has 0 fully saturated rings. The van der Waals surface area contributed by atoms with Crippen LogP contribution in [0.1, 0.15) is 42.1 Å². The van der Waals surface area contributed by atoms with E-state index < -0.39 is 0 Å². The third kappa shape index (κ3) is 5.81. The van der Waals surface area contributed by atoms with Gasteiger partial charge in [-0.05, 0) is 61.7 Å². The lowest BCUT2D eigenvalue weighted by Gasteiger charge is -2.28. The normalized spacial score (nSPS) is 12.9. The van der Waals surface area contributed by atoms with Crippen molar-refractivity contribution in [1.29, 1.82) is 0 Å². The molecule has 0 saturated carbocycles. The van der Waals surface area contributed by atoms with Gasteiger partial charge in [-0.2, -0.15) is 0 Å². The average Bonchev–Trinajstić information content (AvgIpc) is 2.74. The second-order valence-corrected chi connectivity index (χ2v) is 7.76. The number of β-amino-alcohol motifs (C(OH)–C–C–N with tert-alkyl or cyclic N) is 1. The van der Waals surface area contributed by atoms with Crippen LogP contribution in [0.25, 0.3) is 11.8 Å². The SMILES string of the molecule is C=CCCN(CCC)Cc1ccnc(Nc2cc3c(c(C)n2)C(=C)N(CCO)C=C3)c1. The first kappa shape index (κ1) is 22.7. The van der Waals surface area contributed by atoms with Crippen molar-refractivity contribution >= 4 is 23.4 Å². The molecule has 0 unspecified atom stereocenters. The fourth-order valence-electron chi connectivity index (χ4n) is 3.88. The van der Waals surface area contributed by atoms with Crippen molar-refractivity contribution < 1.29 is 5.11 Å². The minimum absolute atomic E-state index is 0.0795. The van der Waals surface area contributed by atoms with Gasteiger partial charge in [0.15, 0.2) is 0 Å². The van der Waals surface area contributed by atoms with Gasteiger partial charge in [0, 0.05) is 49.0 Å². The van der Waals surface area contributed by atoms with E-state index in [2.05, 4.69) is 47.4 Å². The molecule has 6 nitrogen and oxygen atoms in total. The van der Waals surface area contributed by atoms with E-state index in [1.54, 1.807) is 0 Å². The molecule has 0 radical (unpaired) electrons. The van der Waals surface area contributed by atoms with Crippen LogP contribution in [0.4, 0.5) is 11.6 Å². The topological polar surface area (TPSA) is 64.5 Å². The van der Waals surface area contributed by atoms with Gasteiger partial charge in [0.05, 0.1) is 6.61 Å². The summed E-state index contributed by atoms with van der Waals surface area (Å²) in [5.74, 6) is 1.54. The smallest absolute Gasteiger partial charge is 0.132 e. The number of nitrogens with zero attached hydrogens (tertiary/aromatic N) is 4. The second kappa shape index (κ2) is 10.9. The van der Waals surface area contributed by atoms with Crippen molar-refractivity contribution in [2.45, 2.75) is 33.2 Å². The Hall–Kier alpha value is -2.96. The Morgan fingerprint density at radius 1 is 1.26 bits per heavy atom. The van der Waals surface area contributed by atoms with Crippen LogP contribution in [0.2, 0.25) is 0 Å². The van der Waals surface area contributed by atoms with Crippen molar-refractivity contribution in [2.24, 2.45) is 0 Å². The predicted octanol–water partition coefficient (Wildman–Crippen LogP) is 4.57. The highest BCUT2D eigenvalue weighted by Gasteiger charge is 2.19. The highest BCUT2D eigenvalue weighted by Crippen LogP contribution is 2.32. The molecule has 2 aromatic heterocycles. The highest BCUT2D eigenvalue weighted by atomic mass is 16.3. The van der Waals surface area contributed by atoms with Crippen LogP contribution in [0, 0.1) is 6.92 Å². The molecule has 0 amide bonds. The Morgan fingerprint density at radius 2 is 2.10 bits per heavy atom. The summed E-state index contributed by atoms with van der Waals surface area (Å²) in [4.78, 5) is 13.6. The van der Waals surface area contributed by atoms with Gasteiger partial charge in [0.1, 0.15) is 11.6 Å². The Kier molecular flexibility index (Phi) is 7.98. The fourth-order valence-corrected chi connectivity index (χ4v) is 3.88. The summed E-state index contributed by atoms with van der Waals surface area (Å²) in [6, 6.07) is 6.17. The largest absolute Gasteiger partial charge is 0.395 e. The van der Waals surface area contributed by atoms with Gasteiger partial charge in [0.25, 0.3) is 0 Å². The monoisotopic (exact) mass is 419 g/mol. The van der Waals surface area contributed by atoms with Crippen molar-refractivity contribution in [1.82, 2.24) is 19.8 Å². The maximum Gasteiger partial charge on any atom is 0.132 e. The molecular formula is C25H33N5O. The van der Waals surface area contributed by atoms with Gasteiger partial charge in [-0.3, -0.25) is 4.90 Å². The molecule has 1 aliphatic heterocycles. The molecule has 6 heteroatoms. The molecule has 0 atom stereocenters. The minimum Gasteiger partial charge on any atom is -0.395 e. The number of aliphatic hydroxyl groups is 1. The van der Waals surface area contributed by atoms with Gasteiger partial charge >= 0.3 is 0 Å². The summed E-state index contributed by atoms with van der Waals surface area (Å²) in [5.41, 5.74) is 5.05. The first-order valence-corrected chi connectivity index (χ1v) is 10.9. The lowest BCUT2D eigenvalue weighted by molar-refractivity contribution is 0.267. The molecule has 3 heterocycles. The Balaban J connectivity index is 1.76. The van der Waals surface area contributed by atoms with Crippen LogP contribution in [0.15, 0.2) is 49.8 Å². The molecule has 0 saturated heterocycles. The number of fused-ring (bicyclic) bond motifs is 1. The highest BCUT2D eigenvalue weighted by molar-refractivity contribution is 5.79. The van der Waals surface area contributed by atoms with Gasteiger partial charge < -0.3 is 15.3 Å². The second-order valence-electron chi connectivity index (χ2n) is 7.76. The third-order valence-corrected chi connectivity index (χ3v) is 5.32. The fraction of sp³-hybridized carbons (Fsp3) is 0.360. The summed E-state index contributed by atoms with van der Waals surface area (Å²) in [6.07, 6.45) is 9.91. The molecule has 2 N–H and O–H groups in total. The molecule has 0 bridgehead atoms. The summed E-state index contributed by atoms with van der Waals surface area (Å²) in [5, 5.41) is 12.6. The zero-order valence-electron chi connectivity index (χ0n) is 18.6. The van der Waals surface area contributed by atoms with E-state index in [1.165, 1.54) is 5.56 Å². The Morgan fingerprint density at radius 3 is 2.84 bits per heavy atom. The minimum atomic E-state index is 0.0795. The van der Waals surface area contributed by atoms with Crippen LogP contribution < -0.4 is 5.32 Å². The van der Waals surface area contributed by atoms with Crippen molar-refractivity contribution in [2.75, 3.05) is 31.6 Å². The van der Waals surface area contributed by atoms with Crippen molar-refractivity contribution in [3.8, 4) is 0 Å². The standard InChI is InChI=1S/C25H33N5O/c1-5-7-12-29(11-6-2)18-21-8-10-26-23(16-21)28-24-17-22-9-13-30(14-15-31)20(4)25(22)19(3)27-24/h5,8-10,13,16-17,31H,1,4,6-7,11-12,14-15,18H2,2-3H3,(H,26,27,28). The lowest BCUT2D eigenvalue weighted by Crippen LogP contribution is -2.25. The van der Waals surface area contributed by atoms with Crippen LogP contribution >= 0.6 is 0 Å². The van der Waals surface area contributed by atoms with E-state index in [4.69, 9.17) is 4.98 Å². The van der Waals surface area contributed by atoms with Crippen molar-refractivity contribution in [3.05, 3.63) is 72.2 Å². The van der Waals surface area contributed by atoms with E-state index >= 15 is 0 Å². The van der Waals surface area contributed by atoms with Gasteiger partial charge in [0.2, 0.25) is 0 Å². The summed E-state index contributed by atoms with van der Waals surface area (Å²) in [6.45, 7) is 15.8. The molecular weight excluding hydrogens is 386 g/mol. The molecule has 31 heavy (non-hydrogen) atoms. The Bertz CT molecular complexity index is 953. The molecule has 3 rings (SSSR count). The van der Waals surface area contributed by atoms with Crippen LogP contribution in [0.3, 0.4) is 0 Å². The average molecular weight is 420 g/mol. The summed E-state index contributed by atoms with van der Waals surface area (Å²) in [7, 11) is 0. The lowest BCUT2D eigenvalue weighted by atomic mass is 10.00. The zero-order chi connectivity index (χ0) is 22.2. The number of aliphatic hydroxyl groups excluding tert-OH is 1. The molecule has 2 aromatic rings. The maximum atomic E-state index is 9.25. The van der Waals surface area contributed by atoms with Gasteiger partial charge in [-0.25, -0.2) is 9.97 Å². The predicted molar refractivity (Wildman–Crippen MR) is 129 cm³/mol. The van der Waals surface area contributed by atoms with E-state index in [1.807, 2.05) is 42.4 Å². The van der Waals surface area contributed by atoms with Crippen LogP contribution in [-0.2, 0) is 6.54 Å². The maximum absolute atomic E-state index is 9.25. The zero-order valence-corrected chi connectivity index (χ0v) is 18.6. The number of pyridine rings is 2. The van der Waals surface area contributed by atoms with Gasteiger partial charge in [-0.1, -0.05) is 19.6 Å². The van der Waals surface area contributed by atoms with Crippen LogP contribution in [0.5, 0.6) is 0 Å². The van der Waals surface area contributed by atoms with Gasteiger partial charge in [-0.15, -0.1) is 6.58 Å². The first-order chi connectivity index (χ1) is 15.0. The molecule has 164 valence electrons. The molecule has 0 aliphatic carbocycles.